The Bertz CT molecular complexity index is 128. The number of methoxy groups -OCH3 is 1. The van der Waals surface area contributed by atoms with Gasteiger partial charge in [-0.05, 0) is 40.7 Å². The second kappa shape index (κ2) is 4.94. The fourth-order valence-electron chi connectivity index (χ4n) is 0.860. The van der Waals surface area contributed by atoms with E-state index in [1.165, 1.54) is 0 Å². The van der Waals surface area contributed by atoms with E-state index in [9.17, 15) is 0 Å². The topological polar surface area (TPSA) is 41.5 Å². The Labute approximate surface area is 81.5 Å². The van der Waals surface area contributed by atoms with Gasteiger partial charge in [-0.2, -0.15) is 0 Å². The molecule has 0 atom stereocenters. The monoisotopic (exact) mass is 189 g/mol. The Morgan fingerprint density at radius 3 is 2.15 bits per heavy atom. The van der Waals surface area contributed by atoms with Crippen molar-refractivity contribution in [3.8, 4) is 0 Å². The van der Waals surface area contributed by atoms with E-state index in [2.05, 4.69) is 19.2 Å². The SMILES string of the molecule is COC(C)(C)CCNC(C)(C)CO. The van der Waals surface area contributed by atoms with Gasteiger partial charge < -0.3 is 15.2 Å². The lowest BCUT2D eigenvalue weighted by atomic mass is 10.0. The van der Waals surface area contributed by atoms with E-state index in [0.717, 1.165) is 13.0 Å². The summed E-state index contributed by atoms with van der Waals surface area (Å²) in [5.41, 5.74) is -0.275. The Kier molecular flexibility index (Phi) is 4.89. The summed E-state index contributed by atoms with van der Waals surface area (Å²) in [7, 11) is 1.72. The Morgan fingerprint density at radius 1 is 1.23 bits per heavy atom. The highest BCUT2D eigenvalue weighted by Gasteiger charge is 2.19. The maximum absolute atomic E-state index is 8.99. The second-order valence-electron chi connectivity index (χ2n) is 4.68. The molecule has 0 bridgehead atoms. The van der Waals surface area contributed by atoms with Crippen LogP contribution in [0.1, 0.15) is 34.1 Å². The van der Waals surface area contributed by atoms with Crippen molar-refractivity contribution in [1.29, 1.82) is 0 Å². The average molecular weight is 189 g/mol. The normalized spacial score (nSPS) is 13.4. The van der Waals surface area contributed by atoms with Crippen LogP contribution in [0.15, 0.2) is 0 Å². The zero-order valence-electron chi connectivity index (χ0n) is 9.48. The fourth-order valence-corrected chi connectivity index (χ4v) is 0.860. The molecule has 0 aromatic heterocycles. The molecule has 0 aliphatic carbocycles. The van der Waals surface area contributed by atoms with E-state index in [1.807, 2.05) is 13.8 Å². The average Bonchev–Trinajstić information content (AvgIpc) is 2.04. The third kappa shape index (κ3) is 6.02. The molecular weight excluding hydrogens is 166 g/mol. The summed E-state index contributed by atoms with van der Waals surface area (Å²) >= 11 is 0. The van der Waals surface area contributed by atoms with Gasteiger partial charge in [-0.25, -0.2) is 0 Å². The van der Waals surface area contributed by atoms with Crippen LogP contribution in [0.5, 0.6) is 0 Å². The number of aliphatic hydroxyl groups is 1. The molecule has 0 saturated heterocycles. The highest BCUT2D eigenvalue weighted by atomic mass is 16.5. The number of hydrogen-bond donors (Lipinski definition) is 2. The number of hydrogen-bond acceptors (Lipinski definition) is 3. The molecule has 0 aliphatic heterocycles. The van der Waals surface area contributed by atoms with Crippen LogP contribution < -0.4 is 5.32 Å². The molecule has 0 aliphatic rings. The van der Waals surface area contributed by atoms with Crippen molar-refractivity contribution in [3.05, 3.63) is 0 Å². The van der Waals surface area contributed by atoms with Crippen molar-refractivity contribution in [2.45, 2.75) is 45.3 Å². The summed E-state index contributed by atoms with van der Waals surface area (Å²) in [5.74, 6) is 0. The predicted molar refractivity (Wildman–Crippen MR) is 54.9 cm³/mol. The van der Waals surface area contributed by atoms with Gasteiger partial charge in [0.05, 0.1) is 12.2 Å². The third-order valence-electron chi connectivity index (χ3n) is 2.28. The highest BCUT2D eigenvalue weighted by molar-refractivity contribution is 4.78. The smallest absolute Gasteiger partial charge is 0.0634 e. The van der Waals surface area contributed by atoms with Gasteiger partial charge in [0.25, 0.3) is 0 Å². The summed E-state index contributed by atoms with van der Waals surface area (Å²) < 4.78 is 5.28. The fraction of sp³-hybridized carbons (Fsp3) is 1.00. The molecule has 13 heavy (non-hydrogen) atoms. The Balaban J connectivity index is 3.68. The second-order valence-corrected chi connectivity index (χ2v) is 4.68. The minimum absolute atomic E-state index is 0.0848. The Morgan fingerprint density at radius 2 is 1.77 bits per heavy atom. The van der Waals surface area contributed by atoms with Gasteiger partial charge in [-0.15, -0.1) is 0 Å². The molecule has 2 N–H and O–H groups in total. The zero-order valence-corrected chi connectivity index (χ0v) is 9.48. The van der Waals surface area contributed by atoms with Crippen molar-refractivity contribution in [1.82, 2.24) is 5.32 Å². The molecule has 0 spiro atoms. The van der Waals surface area contributed by atoms with Crippen molar-refractivity contribution < 1.29 is 9.84 Å². The summed E-state index contributed by atoms with van der Waals surface area (Å²) in [6, 6.07) is 0. The molecule has 3 heteroatoms. The van der Waals surface area contributed by atoms with Crippen molar-refractivity contribution in [3.63, 3.8) is 0 Å². The van der Waals surface area contributed by atoms with E-state index in [0.29, 0.717) is 0 Å². The van der Waals surface area contributed by atoms with E-state index in [4.69, 9.17) is 9.84 Å². The van der Waals surface area contributed by atoms with Crippen LogP contribution in [0.4, 0.5) is 0 Å². The molecule has 0 rings (SSSR count). The lowest BCUT2D eigenvalue weighted by Gasteiger charge is -2.28. The first-order valence-corrected chi connectivity index (χ1v) is 4.74. The van der Waals surface area contributed by atoms with Gasteiger partial charge >= 0.3 is 0 Å². The Hall–Kier alpha value is -0.120. The van der Waals surface area contributed by atoms with Gasteiger partial charge in [-0.3, -0.25) is 0 Å². The highest BCUT2D eigenvalue weighted by Crippen LogP contribution is 2.12. The van der Waals surface area contributed by atoms with Gasteiger partial charge in [0.2, 0.25) is 0 Å². The maximum atomic E-state index is 8.99. The molecule has 80 valence electrons. The standard InChI is InChI=1S/C10H23NO2/c1-9(2,8-12)11-7-6-10(3,4)13-5/h11-12H,6-8H2,1-5H3. The van der Waals surface area contributed by atoms with E-state index in [1.54, 1.807) is 7.11 Å². The van der Waals surface area contributed by atoms with Crippen LogP contribution in [0.25, 0.3) is 0 Å². The lowest BCUT2D eigenvalue weighted by Crippen LogP contribution is -2.44. The molecule has 3 nitrogen and oxygen atoms in total. The molecular formula is C10H23NO2. The van der Waals surface area contributed by atoms with Gasteiger partial charge in [0, 0.05) is 12.6 Å². The predicted octanol–water partition coefficient (Wildman–Crippen LogP) is 1.16. The van der Waals surface area contributed by atoms with Crippen LogP contribution >= 0.6 is 0 Å². The van der Waals surface area contributed by atoms with E-state index in [-0.39, 0.29) is 17.7 Å². The van der Waals surface area contributed by atoms with E-state index >= 15 is 0 Å². The van der Waals surface area contributed by atoms with E-state index < -0.39 is 0 Å². The summed E-state index contributed by atoms with van der Waals surface area (Å²) in [5, 5.41) is 12.3. The molecule has 0 radical (unpaired) electrons. The largest absolute Gasteiger partial charge is 0.394 e. The van der Waals surface area contributed by atoms with Crippen LogP contribution in [-0.2, 0) is 4.74 Å². The first-order chi connectivity index (χ1) is 5.83. The van der Waals surface area contributed by atoms with Crippen LogP contribution in [-0.4, -0.2) is 36.5 Å². The van der Waals surface area contributed by atoms with Crippen molar-refractivity contribution in [2.24, 2.45) is 0 Å². The number of aliphatic hydroxyl groups excluding tert-OH is 1. The number of ether oxygens (including phenoxy) is 1. The van der Waals surface area contributed by atoms with Crippen LogP contribution in [0.3, 0.4) is 0 Å². The van der Waals surface area contributed by atoms with Gasteiger partial charge in [0.1, 0.15) is 0 Å². The summed E-state index contributed by atoms with van der Waals surface area (Å²) in [4.78, 5) is 0. The summed E-state index contributed by atoms with van der Waals surface area (Å²) in [6.07, 6.45) is 0.937. The minimum atomic E-state index is -0.191. The molecule has 0 amide bonds. The van der Waals surface area contributed by atoms with Gasteiger partial charge in [0.15, 0.2) is 0 Å². The zero-order chi connectivity index (χ0) is 10.5. The van der Waals surface area contributed by atoms with Gasteiger partial charge in [-0.1, -0.05) is 0 Å². The number of rotatable bonds is 6. The van der Waals surface area contributed by atoms with Crippen LogP contribution in [0, 0.1) is 0 Å². The number of nitrogens with one attached hydrogen (secondary N) is 1. The van der Waals surface area contributed by atoms with Crippen molar-refractivity contribution >= 4 is 0 Å². The summed E-state index contributed by atoms with van der Waals surface area (Å²) in [6.45, 7) is 9.08. The lowest BCUT2D eigenvalue weighted by molar-refractivity contribution is 0.0137. The van der Waals surface area contributed by atoms with Crippen molar-refractivity contribution in [2.75, 3.05) is 20.3 Å². The molecule has 0 fully saturated rings. The molecule has 0 heterocycles. The molecule has 0 saturated carbocycles. The van der Waals surface area contributed by atoms with Crippen LogP contribution in [0.2, 0.25) is 0 Å². The quantitative estimate of drug-likeness (QED) is 0.659. The minimum Gasteiger partial charge on any atom is -0.394 e. The molecule has 0 unspecified atom stereocenters. The third-order valence-corrected chi connectivity index (χ3v) is 2.28. The maximum Gasteiger partial charge on any atom is 0.0634 e. The molecule has 0 aromatic rings. The first-order valence-electron chi connectivity index (χ1n) is 4.74. The first kappa shape index (κ1) is 12.9. The molecule has 0 aromatic carbocycles.